The van der Waals surface area contributed by atoms with Crippen molar-refractivity contribution in [1.82, 2.24) is 15.3 Å². The van der Waals surface area contributed by atoms with E-state index < -0.39 is 0 Å². The number of carbonyl (C=O) groups is 1. The number of para-hydroxylation sites is 1. The molecule has 2 rings (SSSR count). The van der Waals surface area contributed by atoms with Gasteiger partial charge in [0.15, 0.2) is 0 Å². The lowest BCUT2D eigenvalue weighted by Gasteiger charge is -2.20. The van der Waals surface area contributed by atoms with Crippen molar-refractivity contribution in [2.24, 2.45) is 0 Å². The summed E-state index contributed by atoms with van der Waals surface area (Å²) in [5, 5.41) is 6.14. The molecule has 1 aromatic heterocycles. The molecule has 1 heterocycles. The third-order valence-corrected chi connectivity index (χ3v) is 3.38. The summed E-state index contributed by atoms with van der Waals surface area (Å²) in [6.45, 7) is 9.97. The maximum Gasteiger partial charge on any atom is 0.254 e. The smallest absolute Gasteiger partial charge is 0.254 e. The number of hydrogen-bond acceptors (Lipinski definition) is 4. The van der Waals surface area contributed by atoms with E-state index in [4.69, 9.17) is 0 Å². The van der Waals surface area contributed by atoms with E-state index in [0.29, 0.717) is 11.5 Å². The number of nitrogens with one attached hydrogen (secondary N) is 2. The molecule has 2 N–H and O–H groups in total. The highest BCUT2D eigenvalue weighted by Gasteiger charge is 2.16. The quantitative estimate of drug-likeness (QED) is 0.905. The molecule has 0 saturated carbocycles. The van der Waals surface area contributed by atoms with Crippen molar-refractivity contribution in [3.05, 3.63) is 47.3 Å². The zero-order valence-corrected chi connectivity index (χ0v) is 14.4. The summed E-state index contributed by atoms with van der Waals surface area (Å²) >= 11 is 0. The molecule has 5 heteroatoms. The van der Waals surface area contributed by atoms with Crippen LogP contribution in [0.15, 0.2) is 30.6 Å². The molecule has 5 nitrogen and oxygen atoms in total. The van der Waals surface area contributed by atoms with E-state index in [9.17, 15) is 4.79 Å². The molecule has 0 saturated heterocycles. The minimum atomic E-state index is -0.287. The molecule has 1 amide bonds. The summed E-state index contributed by atoms with van der Waals surface area (Å²) in [5.41, 5.74) is 3.55. The minimum Gasteiger partial charge on any atom is -0.347 e. The monoisotopic (exact) mass is 312 g/mol. The molecule has 0 radical (unpaired) electrons. The van der Waals surface area contributed by atoms with Gasteiger partial charge in [-0.05, 0) is 45.2 Å². The lowest BCUT2D eigenvalue weighted by atomic mass is 10.1. The van der Waals surface area contributed by atoms with E-state index in [2.05, 4.69) is 33.6 Å². The van der Waals surface area contributed by atoms with Crippen molar-refractivity contribution in [3.8, 4) is 0 Å². The van der Waals surface area contributed by atoms with Crippen LogP contribution in [0, 0.1) is 6.92 Å². The molecule has 1 aromatic carbocycles. The largest absolute Gasteiger partial charge is 0.347 e. The molecule has 0 aliphatic carbocycles. The summed E-state index contributed by atoms with van der Waals surface area (Å²) in [5.74, 6) is 0.315. The predicted octanol–water partition coefficient (Wildman–Crippen LogP) is 3.62. The van der Waals surface area contributed by atoms with E-state index in [1.54, 1.807) is 12.4 Å². The summed E-state index contributed by atoms with van der Waals surface area (Å²) in [6, 6.07) is 6.17. The lowest BCUT2D eigenvalue weighted by Crippen LogP contribution is -2.40. The first-order valence-corrected chi connectivity index (χ1v) is 7.80. The van der Waals surface area contributed by atoms with Gasteiger partial charge >= 0.3 is 0 Å². The van der Waals surface area contributed by atoms with E-state index in [1.807, 2.05) is 39.8 Å². The summed E-state index contributed by atoms with van der Waals surface area (Å²) in [7, 11) is 0. The van der Waals surface area contributed by atoms with Gasteiger partial charge in [-0.1, -0.05) is 25.1 Å². The van der Waals surface area contributed by atoms with Crippen LogP contribution in [-0.4, -0.2) is 21.4 Å². The van der Waals surface area contributed by atoms with Gasteiger partial charge in [0.25, 0.3) is 5.91 Å². The predicted molar refractivity (Wildman–Crippen MR) is 93.1 cm³/mol. The normalized spacial score (nSPS) is 11.2. The van der Waals surface area contributed by atoms with E-state index in [1.165, 1.54) is 5.56 Å². The zero-order chi connectivity index (χ0) is 17.0. The first-order valence-electron chi connectivity index (χ1n) is 7.80. The highest BCUT2D eigenvalue weighted by atomic mass is 16.1. The van der Waals surface area contributed by atoms with Crippen molar-refractivity contribution >= 4 is 17.5 Å². The van der Waals surface area contributed by atoms with Gasteiger partial charge in [0.1, 0.15) is 0 Å². The number of benzene rings is 1. The third kappa shape index (κ3) is 4.52. The molecular formula is C18H24N4O. The van der Waals surface area contributed by atoms with Crippen LogP contribution in [0.5, 0.6) is 0 Å². The Hall–Kier alpha value is -2.43. The Balaban J connectivity index is 2.17. The fourth-order valence-corrected chi connectivity index (χ4v) is 2.24. The van der Waals surface area contributed by atoms with Crippen LogP contribution >= 0.6 is 0 Å². The van der Waals surface area contributed by atoms with Crippen LogP contribution in [0.4, 0.5) is 11.6 Å². The van der Waals surface area contributed by atoms with Crippen molar-refractivity contribution in [3.63, 3.8) is 0 Å². The Labute approximate surface area is 137 Å². The van der Waals surface area contributed by atoms with Crippen LogP contribution in [0.2, 0.25) is 0 Å². The zero-order valence-electron chi connectivity index (χ0n) is 14.4. The molecule has 0 spiro atoms. The van der Waals surface area contributed by atoms with Gasteiger partial charge in [-0.25, -0.2) is 9.97 Å². The Bertz CT molecular complexity index is 687. The van der Waals surface area contributed by atoms with Gasteiger partial charge in [-0.2, -0.15) is 0 Å². The number of nitrogens with zero attached hydrogens (tertiary/aromatic N) is 2. The fraction of sp³-hybridized carbons (Fsp3) is 0.389. The third-order valence-electron chi connectivity index (χ3n) is 3.38. The van der Waals surface area contributed by atoms with Gasteiger partial charge in [0, 0.05) is 23.6 Å². The number of aromatic nitrogens is 2. The highest BCUT2D eigenvalue weighted by Crippen LogP contribution is 2.23. The van der Waals surface area contributed by atoms with Crippen molar-refractivity contribution in [1.29, 1.82) is 0 Å². The summed E-state index contributed by atoms with van der Waals surface area (Å²) in [4.78, 5) is 20.6. The molecule has 0 unspecified atom stereocenters. The average Bonchev–Trinajstić information content (AvgIpc) is 2.48. The molecule has 0 fully saturated rings. The van der Waals surface area contributed by atoms with Crippen LogP contribution in [-0.2, 0) is 6.42 Å². The fourth-order valence-electron chi connectivity index (χ4n) is 2.24. The maximum absolute atomic E-state index is 12.1. The van der Waals surface area contributed by atoms with Crippen molar-refractivity contribution < 1.29 is 4.79 Å². The number of carbonyl (C=O) groups excluding carboxylic acids is 1. The Morgan fingerprint density at radius 2 is 1.83 bits per heavy atom. The maximum atomic E-state index is 12.1. The summed E-state index contributed by atoms with van der Waals surface area (Å²) in [6.07, 6.45) is 4.01. The average molecular weight is 312 g/mol. The van der Waals surface area contributed by atoms with Gasteiger partial charge in [-0.15, -0.1) is 0 Å². The van der Waals surface area contributed by atoms with Crippen molar-refractivity contribution in [2.75, 3.05) is 5.32 Å². The molecule has 122 valence electrons. The molecule has 23 heavy (non-hydrogen) atoms. The Morgan fingerprint density at radius 3 is 2.39 bits per heavy atom. The molecule has 0 bridgehead atoms. The van der Waals surface area contributed by atoms with Crippen LogP contribution in [0.25, 0.3) is 0 Å². The first-order chi connectivity index (χ1) is 10.8. The molecule has 0 aliphatic rings. The topological polar surface area (TPSA) is 66.9 Å². The molecule has 2 aromatic rings. The van der Waals surface area contributed by atoms with Gasteiger partial charge in [0.2, 0.25) is 5.95 Å². The SMILES string of the molecule is CCc1cccc(C)c1Nc1ncc(C(=O)NC(C)(C)C)cn1. The van der Waals surface area contributed by atoms with E-state index >= 15 is 0 Å². The van der Waals surface area contributed by atoms with E-state index in [0.717, 1.165) is 17.7 Å². The van der Waals surface area contributed by atoms with E-state index in [-0.39, 0.29) is 11.4 Å². The number of anilines is 2. The number of amides is 1. The summed E-state index contributed by atoms with van der Waals surface area (Å²) < 4.78 is 0. The second-order valence-corrected chi connectivity index (χ2v) is 6.59. The van der Waals surface area contributed by atoms with Crippen LogP contribution in [0.3, 0.4) is 0 Å². The highest BCUT2D eigenvalue weighted by molar-refractivity contribution is 5.94. The second-order valence-electron chi connectivity index (χ2n) is 6.59. The number of rotatable bonds is 4. The molecular weight excluding hydrogens is 288 g/mol. The van der Waals surface area contributed by atoms with Gasteiger partial charge < -0.3 is 10.6 Å². The second kappa shape index (κ2) is 6.77. The van der Waals surface area contributed by atoms with Gasteiger partial charge in [-0.3, -0.25) is 4.79 Å². The Kier molecular flexibility index (Phi) is 4.98. The number of hydrogen-bond donors (Lipinski definition) is 2. The first kappa shape index (κ1) is 16.9. The van der Waals surface area contributed by atoms with Crippen molar-refractivity contribution in [2.45, 2.75) is 46.6 Å². The minimum absolute atomic E-state index is 0.172. The van der Waals surface area contributed by atoms with Crippen LogP contribution < -0.4 is 10.6 Å². The Morgan fingerprint density at radius 1 is 1.17 bits per heavy atom. The molecule has 0 aliphatic heterocycles. The standard InChI is InChI=1S/C18H24N4O/c1-6-13-9-7-8-12(2)15(13)21-17-19-10-14(11-20-17)16(23)22-18(3,4)5/h7-11H,6H2,1-5H3,(H,22,23)(H,19,20,21). The number of aryl methyl sites for hydroxylation is 2. The van der Waals surface area contributed by atoms with Crippen LogP contribution in [0.1, 0.15) is 49.2 Å². The lowest BCUT2D eigenvalue weighted by molar-refractivity contribution is 0.0919. The van der Waals surface area contributed by atoms with Gasteiger partial charge in [0.05, 0.1) is 5.56 Å². The molecule has 0 atom stereocenters.